The molecule has 4 nitrogen and oxygen atoms in total. The topological polar surface area (TPSA) is 51.9 Å². The van der Waals surface area contributed by atoms with Gasteiger partial charge in [-0.3, -0.25) is 4.79 Å². The number of carbonyl (C=O) groups excluding carboxylic acids is 1. The molecule has 0 fully saturated rings. The number of hydrogen-bond acceptors (Lipinski definition) is 1. The molecule has 3 rings (SSSR count). The molecular formula is C22H26N3O+. The van der Waals surface area contributed by atoms with Crippen molar-refractivity contribution in [1.82, 2.24) is 4.57 Å². The zero-order chi connectivity index (χ0) is 18.6. The van der Waals surface area contributed by atoms with Crippen molar-refractivity contribution in [3.05, 3.63) is 90.0 Å². The highest BCUT2D eigenvalue weighted by atomic mass is 16.1. The van der Waals surface area contributed by atoms with E-state index in [1.807, 2.05) is 60.7 Å². The van der Waals surface area contributed by atoms with Crippen LogP contribution < -0.4 is 10.3 Å². The fourth-order valence-corrected chi connectivity index (χ4v) is 3.71. The lowest BCUT2D eigenvalue weighted by atomic mass is 9.71. The summed E-state index contributed by atoms with van der Waals surface area (Å²) in [5, 5.41) is 0. The zero-order valence-electron chi connectivity index (χ0n) is 15.4. The molecular weight excluding hydrogens is 322 g/mol. The lowest BCUT2D eigenvalue weighted by Crippen LogP contribution is -2.47. The maximum Gasteiger partial charge on any atom is 0.253 e. The number of nitrogens with zero attached hydrogens (tertiary/aromatic N) is 2. The van der Waals surface area contributed by atoms with Crippen molar-refractivity contribution in [1.29, 1.82) is 0 Å². The lowest BCUT2D eigenvalue weighted by Gasteiger charge is -2.31. The van der Waals surface area contributed by atoms with Gasteiger partial charge in [0.05, 0.1) is 13.1 Å². The fourth-order valence-electron chi connectivity index (χ4n) is 3.71. The number of rotatable bonds is 7. The zero-order valence-corrected chi connectivity index (χ0v) is 15.4. The summed E-state index contributed by atoms with van der Waals surface area (Å²) < 4.78 is 4.38. The van der Waals surface area contributed by atoms with Crippen molar-refractivity contribution in [2.75, 3.05) is 0 Å². The van der Waals surface area contributed by atoms with Gasteiger partial charge in [0, 0.05) is 13.3 Å². The molecule has 0 atom stereocenters. The number of aryl methyl sites for hydroxylation is 2. The van der Waals surface area contributed by atoms with Crippen molar-refractivity contribution < 1.29 is 9.36 Å². The van der Waals surface area contributed by atoms with Gasteiger partial charge in [-0.1, -0.05) is 60.7 Å². The third-order valence-electron chi connectivity index (χ3n) is 5.28. The Labute approximate surface area is 154 Å². The maximum atomic E-state index is 12.8. The van der Waals surface area contributed by atoms with Crippen LogP contribution in [0.25, 0.3) is 0 Å². The number of benzene rings is 2. The highest BCUT2D eigenvalue weighted by Crippen LogP contribution is 2.35. The van der Waals surface area contributed by atoms with Gasteiger partial charge in [0.15, 0.2) is 0 Å². The van der Waals surface area contributed by atoms with Crippen LogP contribution in [0.4, 0.5) is 0 Å². The normalized spacial score (nSPS) is 11.5. The minimum atomic E-state index is -0.851. The van der Waals surface area contributed by atoms with Crippen molar-refractivity contribution in [2.24, 2.45) is 5.73 Å². The Hall–Kier alpha value is -2.88. The summed E-state index contributed by atoms with van der Waals surface area (Å²) in [5.74, 6) is 0.857. The summed E-state index contributed by atoms with van der Waals surface area (Å²) in [6, 6.07) is 19.7. The highest BCUT2D eigenvalue weighted by molar-refractivity contribution is 5.90. The minimum absolute atomic E-state index is 0.317. The largest absolute Gasteiger partial charge is 0.369 e. The first-order chi connectivity index (χ1) is 12.6. The van der Waals surface area contributed by atoms with E-state index in [1.54, 1.807) is 0 Å². The monoisotopic (exact) mass is 348 g/mol. The van der Waals surface area contributed by atoms with Crippen LogP contribution in [0.1, 0.15) is 30.3 Å². The van der Waals surface area contributed by atoms with E-state index >= 15 is 0 Å². The predicted octanol–water partition coefficient (Wildman–Crippen LogP) is 2.97. The number of aromatic nitrogens is 2. The van der Waals surface area contributed by atoms with Crippen molar-refractivity contribution >= 4 is 5.91 Å². The molecule has 0 saturated heterocycles. The van der Waals surface area contributed by atoms with Crippen LogP contribution in [0.15, 0.2) is 73.1 Å². The molecule has 26 heavy (non-hydrogen) atoms. The first-order valence-corrected chi connectivity index (χ1v) is 9.05. The third kappa shape index (κ3) is 3.15. The lowest BCUT2D eigenvalue weighted by molar-refractivity contribution is -0.703. The number of nitrogens with two attached hydrogens (primary N) is 1. The van der Waals surface area contributed by atoms with E-state index < -0.39 is 5.41 Å². The van der Waals surface area contributed by atoms with E-state index in [4.69, 9.17) is 5.73 Å². The number of imidazole rings is 1. The Balaban J connectivity index is 2.05. The summed E-state index contributed by atoms with van der Waals surface area (Å²) >= 11 is 0. The maximum absolute atomic E-state index is 12.8. The second kappa shape index (κ2) is 7.56. The molecule has 1 aromatic heterocycles. The van der Waals surface area contributed by atoms with Crippen LogP contribution >= 0.6 is 0 Å². The smallest absolute Gasteiger partial charge is 0.253 e. The molecule has 0 bridgehead atoms. The summed E-state index contributed by atoms with van der Waals surface area (Å²) in [5.41, 5.74) is 7.04. The Morgan fingerprint density at radius 2 is 1.58 bits per heavy atom. The molecule has 4 heteroatoms. The summed E-state index contributed by atoms with van der Waals surface area (Å²) in [4.78, 5) is 12.8. The van der Waals surface area contributed by atoms with E-state index in [9.17, 15) is 4.79 Å². The average Bonchev–Trinajstić information content (AvgIpc) is 3.03. The number of amides is 1. The van der Waals surface area contributed by atoms with E-state index in [1.165, 1.54) is 5.82 Å². The number of primary amides is 1. The van der Waals surface area contributed by atoms with Gasteiger partial charge in [-0.25, -0.2) is 9.13 Å². The first-order valence-electron chi connectivity index (χ1n) is 9.05. The van der Waals surface area contributed by atoms with Gasteiger partial charge >= 0.3 is 0 Å². The van der Waals surface area contributed by atoms with E-state index in [0.29, 0.717) is 13.0 Å². The van der Waals surface area contributed by atoms with Gasteiger partial charge in [0.25, 0.3) is 5.82 Å². The van der Waals surface area contributed by atoms with Crippen LogP contribution in [0.5, 0.6) is 0 Å². The molecule has 134 valence electrons. The van der Waals surface area contributed by atoms with Crippen molar-refractivity contribution in [2.45, 2.75) is 38.8 Å². The number of carbonyl (C=O) groups is 1. The first kappa shape index (κ1) is 17.9. The fraction of sp³-hybridized carbons (Fsp3) is 0.273. The Bertz CT molecular complexity index is 829. The quantitative estimate of drug-likeness (QED) is 0.656. The standard InChI is InChI=1S/C22H25N3O/c1-3-24-16-17-25(18(24)2)15-14-22(21(23)26,19-10-6-4-7-11-19)20-12-8-5-9-13-20/h4-13,16-17H,3,14-15H2,1-2H3,(H-,23,26)/p+1. The number of hydrogen-bond donors (Lipinski definition) is 1. The van der Waals surface area contributed by atoms with Crippen LogP contribution in [0, 0.1) is 6.92 Å². The summed E-state index contributed by atoms with van der Waals surface area (Å²) in [6.07, 6.45) is 4.75. The van der Waals surface area contributed by atoms with E-state index in [2.05, 4.69) is 35.4 Å². The Morgan fingerprint density at radius 3 is 2.00 bits per heavy atom. The van der Waals surface area contributed by atoms with Crippen LogP contribution in [-0.4, -0.2) is 10.5 Å². The SMILES string of the molecule is CCn1cc[n+](CCC(C(N)=O)(c2ccccc2)c2ccccc2)c1C. The highest BCUT2D eigenvalue weighted by Gasteiger charge is 2.40. The van der Waals surface area contributed by atoms with Crippen LogP contribution in [0.3, 0.4) is 0 Å². The Kier molecular flexibility index (Phi) is 5.21. The molecule has 0 radical (unpaired) electrons. The molecule has 2 aromatic carbocycles. The molecule has 2 N–H and O–H groups in total. The molecule has 0 saturated carbocycles. The van der Waals surface area contributed by atoms with E-state index in [0.717, 1.165) is 17.7 Å². The Morgan fingerprint density at radius 1 is 1.04 bits per heavy atom. The predicted molar refractivity (Wildman–Crippen MR) is 103 cm³/mol. The molecule has 0 unspecified atom stereocenters. The van der Waals surface area contributed by atoms with Crippen LogP contribution in [0.2, 0.25) is 0 Å². The molecule has 1 amide bonds. The van der Waals surface area contributed by atoms with Gasteiger partial charge in [-0.05, 0) is 18.1 Å². The van der Waals surface area contributed by atoms with Gasteiger partial charge in [0.1, 0.15) is 17.8 Å². The second-order valence-electron chi connectivity index (χ2n) is 6.58. The molecule has 0 aliphatic carbocycles. The van der Waals surface area contributed by atoms with Crippen LogP contribution in [-0.2, 0) is 23.3 Å². The molecule has 0 aliphatic rings. The summed E-state index contributed by atoms with van der Waals surface area (Å²) in [6.45, 7) is 5.86. The van der Waals surface area contributed by atoms with Gasteiger partial charge in [-0.15, -0.1) is 0 Å². The van der Waals surface area contributed by atoms with Crippen molar-refractivity contribution in [3.8, 4) is 0 Å². The van der Waals surface area contributed by atoms with Gasteiger partial charge in [-0.2, -0.15) is 0 Å². The third-order valence-corrected chi connectivity index (χ3v) is 5.28. The minimum Gasteiger partial charge on any atom is -0.369 e. The second-order valence-corrected chi connectivity index (χ2v) is 6.58. The van der Waals surface area contributed by atoms with Crippen molar-refractivity contribution in [3.63, 3.8) is 0 Å². The van der Waals surface area contributed by atoms with Gasteiger partial charge in [0.2, 0.25) is 5.91 Å². The average molecular weight is 348 g/mol. The molecule has 0 spiro atoms. The summed E-state index contributed by atoms with van der Waals surface area (Å²) in [7, 11) is 0. The molecule has 0 aliphatic heterocycles. The van der Waals surface area contributed by atoms with Gasteiger partial charge < -0.3 is 5.73 Å². The molecule has 3 aromatic rings. The van der Waals surface area contributed by atoms with E-state index in [-0.39, 0.29) is 5.91 Å². The molecule has 1 heterocycles.